The van der Waals surface area contributed by atoms with Crippen molar-refractivity contribution in [1.82, 2.24) is 14.5 Å². The van der Waals surface area contributed by atoms with Crippen LogP contribution in [0.3, 0.4) is 0 Å². The Kier molecular flexibility index (Phi) is 5.46. The van der Waals surface area contributed by atoms with Crippen LogP contribution in [-0.2, 0) is 4.74 Å². The molecule has 0 N–H and O–H groups in total. The summed E-state index contributed by atoms with van der Waals surface area (Å²) in [7, 11) is 1.54. The molecule has 0 unspecified atom stereocenters. The smallest absolute Gasteiger partial charge is 0.410 e. The summed E-state index contributed by atoms with van der Waals surface area (Å²) < 4.78 is 13.3. The summed E-state index contributed by atoms with van der Waals surface area (Å²) in [4.78, 5) is 31.4. The van der Waals surface area contributed by atoms with Crippen LogP contribution in [0.5, 0.6) is 5.75 Å². The number of piperidine rings is 1. The zero-order valence-corrected chi connectivity index (χ0v) is 17.6. The predicted octanol–water partition coefficient (Wildman–Crippen LogP) is 3.74. The van der Waals surface area contributed by atoms with Gasteiger partial charge in [0.2, 0.25) is 0 Å². The molecule has 1 aromatic heterocycles. The number of likely N-dealkylation sites (tertiary alicyclic amines) is 1. The highest BCUT2D eigenvalue weighted by atomic mass is 79.9. The van der Waals surface area contributed by atoms with E-state index in [0.717, 1.165) is 4.47 Å². The summed E-state index contributed by atoms with van der Waals surface area (Å²) in [6, 6.07) is 3.55. The van der Waals surface area contributed by atoms with Crippen molar-refractivity contribution in [3.8, 4) is 5.75 Å². The van der Waals surface area contributed by atoms with Crippen molar-refractivity contribution in [3.63, 3.8) is 0 Å². The lowest BCUT2D eigenvalue weighted by atomic mass is 10.0. The fraction of sp³-hybridized carbons (Fsp3) is 0.526. The van der Waals surface area contributed by atoms with Crippen LogP contribution in [0.15, 0.2) is 27.7 Å². The Hall–Kier alpha value is -2.09. The molecule has 1 amide bonds. The lowest BCUT2D eigenvalue weighted by Gasteiger charge is -2.34. The molecular weight excluding hydrogens is 414 g/mol. The fourth-order valence-electron chi connectivity index (χ4n) is 3.26. The minimum Gasteiger partial charge on any atom is -0.496 e. The number of rotatable bonds is 2. The van der Waals surface area contributed by atoms with E-state index in [9.17, 15) is 9.59 Å². The maximum Gasteiger partial charge on any atom is 0.410 e. The third-order valence-electron chi connectivity index (χ3n) is 4.55. The van der Waals surface area contributed by atoms with Crippen molar-refractivity contribution >= 4 is 32.9 Å². The minimum atomic E-state index is -0.516. The molecule has 2 aromatic rings. The number of hydrogen-bond donors (Lipinski definition) is 0. The van der Waals surface area contributed by atoms with Crippen LogP contribution in [0.4, 0.5) is 4.79 Å². The van der Waals surface area contributed by atoms with E-state index in [1.54, 1.807) is 27.9 Å². The van der Waals surface area contributed by atoms with Gasteiger partial charge in [0, 0.05) is 23.6 Å². The molecular formula is C19H24BrN3O4. The number of carbonyl (C=O) groups is 1. The monoisotopic (exact) mass is 437 g/mol. The fourth-order valence-corrected chi connectivity index (χ4v) is 3.69. The van der Waals surface area contributed by atoms with Crippen molar-refractivity contribution in [2.24, 2.45) is 0 Å². The van der Waals surface area contributed by atoms with Crippen molar-refractivity contribution < 1.29 is 14.3 Å². The summed E-state index contributed by atoms with van der Waals surface area (Å²) in [5, 5.41) is 0.470. The topological polar surface area (TPSA) is 73.7 Å². The van der Waals surface area contributed by atoms with E-state index >= 15 is 0 Å². The van der Waals surface area contributed by atoms with Crippen molar-refractivity contribution in [2.45, 2.75) is 45.3 Å². The van der Waals surface area contributed by atoms with Crippen LogP contribution in [-0.4, -0.2) is 46.3 Å². The zero-order valence-electron chi connectivity index (χ0n) is 16.0. The number of halogens is 1. The lowest BCUT2D eigenvalue weighted by Crippen LogP contribution is -2.43. The largest absolute Gasteiger partial charge is 0.496 e. The highest BCUT2D eigenvalue weighted by Gasteiger charge is 2.28. The van der Waals surface area contributed by atoms with E-state index in [2.05, 4.69) is 20.9 Å². The summed E-state index contributed by atoms with van der Waals surface area (Å²) in [6.07, 6.45) is 2.62. The zero-order chi connectivity index (χ0) is 19.8. The third-order valence-corrected chi connectivity index (χ3v) is 5.00. The molecule has 0 bridgehead atoms. The van der Waals surface area contributed by atoms with Crippen molar-refractivity contribution in [3.05, 3.63) is 33.3 Å². The standard InChI is InChI=1S/C19H24BrN3O4/c1-19(2,3)27-18(25)22-7-5-13(6-8-22)23-11-21-14-9-12(20)10-15(26-4)16(14)17(23)24/h9-11,13H,5-8H2,1-4H3. The lowest BCUT2D eigenvalue weighted by molar-refractivity contribution is 0.0187. The van der Waals surface area contributed by atoms with Crippen molar-refractivity contribution in [1.29, 1.82) is 0 Å². The van der Waals surface area contributed by atoms with Crippen molar-refractivity contribution in [2.75, 3.05) is 20.2 Å². The number of amides is 1. The summed E-state index contributed by atoms with van der Waals surface area (Å²) in [5.41, 5.74) is -0.0495. The SMILES string of the molecule is COc1cc(Br)cc2ncn(C3CCN(C(=O)OC(C)(C)C)CC3)c(=O)c12. The molecule has 1 aliphatic rings. The number of nitrogens with zero attached hydrogens (tertiary/aromatic N) is 3. The van der Waals surface area contributed by atoms with Gasteiger partial charge in [-0.3, -0.25) is 9.36 Å². The number of benzene rings is 1. The first-order valence-electron chi connectivity index (χ1n) is 8.92. The van der Waals surface area contributed by atoms with E-state index in [1.807, 2.05) is 20.8 Å². The molecule has 0 saturated carbocycles. The molecule has 0 spiro atoms. The van der Waals surface area contributed by atoms with E-state index < -0.39 is 5.60 Å². The predicted molar refractivity (Wildman–Crippen MR) is 106 cm³/mol. The van der Waals surface area contributed by atoms with Gasteiger partial charge >= 0.3 is 6.09 Å². The normalized spacial score (nSPS) is 15.8. The van der Waals surface area contributed by atoms with Gasteiger partial charge in [0.15, 0.2) is 0 Å². The van der Waals surface area contributed by atoms with E-state index in [0.29, 0.717) is 42.6 Å². The molecule has 146 valence electrons. The van der Waals surface area contributed by atoms with Gasteiger partial charge in [-0.25, -0.2) is 9.78 Å². The van der Waals surface area contributed by atoms with Crippen LogP contribution in [0.1, 0.15) is 39.7 Å². The molecule has 2 heterocycles. The van der Waals surface area contributed by atoms with Gasteiger partial charge in [-0.05, 0) is 45.7 Å². The maximum atomic E-state index is 13.0. The first kappa shape index (κ1) is 19.7. The number of fused-ring (bicyclic) bond motifs is 1. The van der Waals surface area contributed by atoms with Gasteiger partial charge in [-0.15, -0.1) is 0 Å². The Labute approximate surface area is 166 Å². The number of hydrogen-bond acceptors (Lipinski definition) is 5. The molecule has 1 aromatic carbocycles. The minimum absolute atomic E-state index is 0.0126. The molecule has 7 nitrogen and oxygen atoms in total. The molecule has 3 rings (SSSR count). The second-order valence-corrected chi connectivity index (χ2v) is 8.57. The molecule has 1 aliphatic heterocycles. The van der Waals surface area contributed by atoms with Crippen LogP contribution >= 0.6 is 15.9 Å². The molecule has 0 aliphatic carbocycles. The van der Waals surface area contributed by atoms with Crippen LogP contribution in [0, 0.1) is 0 Å². The molecule has 8 heteroatoms. The summed E-state index contributed by atoms with van der Waals surface area (Å²) in [6.45, 7) is 6.64. The van der Waals surface area contributed by atoms with Crippen LogP contribution < -0.4 is 10.3 Å². The molecule has 0 atom stereocenters. The average molecular weight is 438 g/mol. The first-order valence-corrected chi connectivity index (χ1v) is 9.71. The van der Waals surface area contributed by atoms with Gasteiger partial charge in [0.05, 0.1) is 19.0 Å². The molecule has 27 heavy (non-hydrogen) atoms. The Balaban J connectivity index is 1.82. The van der Waals surface area contributed by atoms with E-state index in [1.165, 1.54) is 7.11 Å². The Morgan fingerprint density at radius 2 is 1.93 bits per heavy atom. The quantitative estimate of drug-likeness (QED) is 0.715. The third kappa shape index (κ3) is 4.26. The van der Waals surface area contributed by atoms with Gasteiger partial charge < -0.3 is 14.4 Å². The highest BCUT2D eigenvalue weighted by molar-refractivity contribution is 9.10. The Morgan fingerprint density at radius 1 is 1.26 bits per heavy atom. The van der Waals surface area contributed by atoms with Crippen LogP contribution in [0.2, 0.25) is 0 Å². The number of ether oxygens (including phenoxy) is 2. The Morgan fingerprint density at radius 3 is 2.52 bits per heavy atom. The van der Waals surface area contributed by atoms with Gasteiger partial charge in [-0.2, -0.15) is 0 Å². The average Bonchev–Trinajstić information content (AvgIpc) is 2.60. The summed E-state index contributed by atoms with van der Waals surface area (Å²) in [5.74, 6) is 0.498. The van der Waals surface area contributed by atoms with E-state index in [-0.39, 0.29) is 17.7 Å². The maximum absolute atomic E-state index is 13.0. The summed E-state index contributed by atoms with van der Waals surface area (Å²) >= 11 is 3.41. The second-order valence-electron chi connectivity index (χ2n) is 7.66. The Bertz CT molecular complexity index is 912. The first-order chi connectivity index (χ1) is 12.7. The van der Waals surface area contributed by atoms with Gasteiger partial charge in [-0.1, -0.05) is 15.9 Å². The molecule has 1 saturated heterocycles. The number of carbonyl (C=O) groups excluding carboxylic acids is 1. The highest BCUT2D eigenvalue weighted by Crippen LogP contribution is 2.28. The van der Waals surface area contributed by atoms with E-state index in [4.69, 9.17) is 9.47 Å². The second kappa shape index (κ2) is 7.50. The molecule has 0 radical (unpaired) electrons. The van der Waals surface area contributed by atoms with Crippen LogP contribution in [0.25, 0.3) is 10.9 Å². The van der Waals surface area contributed by atoms with Gasteiger partial charge in [0.25, 0.3) is 5.56 Å². The number of aromatic nitrogens is 2. The number of methoxy groups -OCH3 is 1. The molecule has 1 fully saturated rings. The van der Waals surface area contributed by atoms with Gasteiger partial charge in [0.1, 0.15) is 16.7 Å².